The number of nitrogens with zero attached hydrogens (tertiary/aromatic N) is 2. The summed E-state index contributed by atoms with van der Waals surface area (Å²) in [6.45, 7) is 4.05. The van der Waals surface area contributed by atoms with Crippen molar-refractivity contribution in [1.29, 1.82) is 0 Å². The summed E-state index contributed by atoms with van der Waals surface area (Å²) in [5.41, 5.74) is 10.6. The molecule has 6 atom stereocenters. The highest BCUT2D eigenvalue weighted by Gasteiger charge is 2.76. The highest BCUT2D eigenvalue weighted by atomic mass is 16.2. The Balaban J connectivity index is 1.33. The van der Waals surface area contributed by atoms with Crippen molar-refractivity contribution in [2.75, 3.05) is 26.2 Å². The lowest BCUT2D eigenvalue weighted by Gasteiger charge is -2.66. The lowest BCUT2D eigenvalue weighted by atomic mass is 9.43. The molecule has 33 heavy (non-hydrogen) atoms. The molecule has 2 saturated carbocycles. The fraction of sp³-hybridized carbons (Fsp3) is 0.552. The summed E-state index contributed by atoms with van der Waals surface area (Å²) in [6, 6.07) is 20.4. The van der Waals surface area contributed by atoms with Crippen LogP contribution in [0.15, 0.2) is 54.6 Å². The number of carbonyl (C=O) groups excluding carboxylic acids is 1. The minimum atomic E-state index is 0.241. The number of amides is 1. The number of likely N-dealkylation sites (tertiary alicyclic amines) is 2. The van der Waals surface area contributed by atoms with Gasteiger partial charge in [0.2, 0.25) is 0 Å². The highest BCUT2D eigenvalue weighted by Crippen LogP contribution is 2.75. The van der Waals surface area contributed by atoms with Crippen LogP contribution in [-0.2, 0) is 11.8 Å². The van der Waals surface area contributed by atoms with Crippen LogP contribution in [0.3, 0.4) is 0 Å². The molecule has 2 aliphatic heterocycles. The van der Waals surface area contributed by atoms with Gasteiger partial charge in [-0.05, 0) is 98.7 Å². The van der Waals surface area contributed by atoms with E-state index in [1.807, 2.05) is 30.3 Å². The van der Waals surface area contributed by atoms with Crippen molar-refractivity contribution in [2.24, 2.45) is 23.0 Å². The topological polar surface area (TPSA) is 49.6 Å². The standard InChI is InChI=1S/C29H35N3O/c30-14-6-15-31-16-13-29-23-10-5-4-9-21(23)17-25(31)28(29)12-11-24-26(29)22(18-28)19-32(24)27(33)20-7-2-1-3-8-20/h1-5,7-10,22,24-26H,6,11-19,30H2/t22-,24?,25?,26?,28?,29?/m1/s1. The Bertz CT molecular complexity index is 1090. The van der Waals surface area contributed by atoms with Crippen LogP contribution in [0.5, 0.6) is 0 Å². The first-order valence-corrected chi connectivity index (χ1v) is 13.1. The SMILES string of the molecule is NCCCN1CCC23c4ccccc4CC1C21CCC2C3[C@@H](CN2C(=O)c2ccccc2)C1. The number of hydrogen-bond acceptors (Lipinski definition) is 3. The van der Waals surface area contributed by atoms with Crippen LogP contribution in [0.25, 0.3) is 0 Å². The van der Waals surface area contributed by atoms with Crippen LogP contribution in [0, 0.1) is 17.3 Å². The van der Waals surface area contributed by atoms with E-state index in [0.717, 1.165) is 31.6 Å². The molecule has 5 unspecified atom stereocenters. The van der Waals surface area contributed by atoms with Crippen LogP contribution < -0.4 is 5.73 Å². The normalized spacial score (nSPS) is 38.2. The van der Waals surface area contributed by atoms with Crippen molar-refractivity contribution >= 4 is 5.91 Å². The molecule has 2 saturated heterocycles. The van der Waals surface area contributed by atoms with E-state index in [-0.39, 0.29) is 11.3 Å². The zero-order valence-electron chi connectivity index (χ0n) is 19.5. The van der Waals surface area contributed by atoms with Crippen molar-refractivity contribution in [3.8, 4) is 0 Å². The second-order valence-corrected chi connectivity index (χ2v) is 11.4. The Morgan fingerprint density at radius 3 is 2.73 bits per heavy atom. The molecular weight excluding hydrogens is 406 g/mol. The number of nitrogens with two attached hydrogens (primary N) is 1. The lowest BCUT2D eigenvalue weighted by Crippen LogP contribution is -2.69. The fourth-order valence-electron chi connectivity index (χ4n) is 9.61. The largest absolute Gasteiger partial charge is 0.335 e. The monoisotopic (exact) mass is 441 g/mol. The Hall–Kier alpha value is -2.17. The summed E-state index contributed by atoms with van der Waals surface area (Å²) in [7, 11) is 0. The molecule has 0 radical (unpaired) electrons. The third-order valence-electron chi connectivity index (χ3n) is 10.4. The first-order chi connectivity index (χ1) is 16.2. The van der Waals surface area contributed by atoms with E-state index in [1.165, 1.54) is 38.6 Å². The molecule has 2 aromatic carbocycles. The molecule has 4 bridgehead atoms. The average Bonchev–Trinajstić information content (AvgIpc) is 3.30. The van der Waals surface area contributed by atoms with Crippen LogP contribution in [-0.4, -0.2) is 54.0 Å². The van der Waals surface area contributed by atoms with Crippen molar-refractivity contribution in [3.63, 3.8) is 0 Å². The van der Waals surface area contributed by atoms with Gasteiger partial charge in [-0.1, -0.05) is 42.5 Å². The summed E-state index contributed by atoms with van der Waals surface area (Å²) in [4.78, 5) is 18.7. The number of fused-ring (bicyclic) bond motifs is 1. The number of piperidine rings is 1. The maximum Gasteiger partial charge on any atom is 0.254 e. The van der Waals surface area contributed by atoms with Gasteiger partial charge in [-0.15, -0.1) is 0 Å². The van der Waals surface area contributed by atoms with E-state index in [1.54, 1.807) is 11.1 Å². The van der Waals surface area contributed by atoms with Gasteiger partial charge in [-0.3, -0.25) is 9.69 Å². The molecule has 4 nitrogen and oxygen atoms in total. The second-order valence-electron chi connectivity index (χ2n) is 11.4. The Kier molecular flexibility index (Phi) is 4.39. The van der Waals surface area contributed by atoms with Crippen LogP contribution in [0.4, 0.5) is 0 Å². The maximum atomic E-state index is 13.6. The molecule has 2 N–H and O–H groups in total. The lowest BCUT2D eigenvalue weighted by molar-refractivity contribution is -0.101. The molecule has 5 aliphatic rings. The number of hydrogen-bond donors (Lipinski definition) is 1. The third-order valence-corrected chi connectivity index (χ3v) is 10.4. The van der Waals surface area contributed by atoms with Crippen molar-refractivity contribution in [1.82, 2.24) is 9.80 Å². The molecule has 0 spiro atoms. The summed E-state index contributed by atoms with van der Waals surface area (Å²) >= 11 is 0. The van der Waals surface area contributed by atoms with E-state index >= 15 is 0 Å². The van der Waals surface area contributed by atoms with Gasteiger partial charge in [0.05, 0.1) is 0 Å². The summed E-state index contributed by atoms with van der Waals surface area (Å²) in [5.74, 6) is 1.49. The summed E-state index contributed by atoms with van der Waals surface area (Å²) < 4.78 is 0. The van der Waals surface area contributed by atoms with Gasteiger partial charge >= 0.3 is 0 Å². The molecule has 2 aromatic rings. The van der Waals surface area contributed by atoms with E-state index in [9.17, 15) is 4.79 Å². The number of benzene rings is 2. The zero-order chi connectivity index (χ0) is 22.2. The fourth-order valence-corrected chi connectivity index (χ4v) is 9.61. The van der Waals surface area contributed by atoms with Gasteiger partial charge < -0.3 is 10.6 Å². The predicted molar refractivity (Wildman–Crippen MR) is 130 cm³/mol. The molecule has 0 aromatic heterocycles. The second kappa shape index (κ2) is 7.16. The van der Waals surface area contributed by atoms with E-state index in [2.05, 4.69) is 34.1 Å². The molecule has 4 heteroatoms. The van der Waals surface area contributed by atoms with Crippen LogP contribution in [0.1, 0.15) is 53.6 Å². The Morgan fingerprint density at radius 2 is 1.88 bits per heavy atom. The molecule has 1 amide bonds. The van der Waals surface area contributed by atoms with Crippen LogP contribution >= 0.6 is 0 Å². The van der Waals surface area contributed by atoms with Gasteiger partial charge in [0, 0.05) is 29.6 Å². The molecule has 4 fully saturated rings. The average molecular weight is 442 g/mol. The Morgan fingerprint density at radius 1 is 1.06 bits per heavy atom. The van der Waals surface area contributed by atoms with Gasteiger partial charge in [-0.2, -0.15) is 0 Å². The molecular formula is C29H35N3O. The summed E-state index contributed by atoms with van der Waals surface area (Å²) in [6.07, 6.45) is 7.27. The van der Waals surface area contributed by atoms with Gasteiger partial charge in [0.1, 0.15) is 0 Å². The predicted octanol–water partition coefficient (Wildman–Crippen LogP) is 3.84. The quantitative estimate of drug-likeness (QED) is 0.784. The van der Waals surface area contributed by atoms with Crippen LogP contribution in [0.2, 0.25) is 0 Å². The highest BCUT2D eigenvalue weighted by molar-refractivity contribution is 5.94. The number of carbonyl (C=O) groups is 1. The van der Waals surface area contributed by atoms with Gasteiger partial charge in [0.25, 0.3) is 5.91 Å². The van der Waals surface area contributed by atoms with Crippen molar-refractivity contribution < 1.29 is 4.79 Å². The molecule has 3 aliphatic carbocycles. The minimum absolute atomic E-state index is 0.241. The first kappa shape index (κ1) is 20.2. The minimum Gasteiger partial charge on any atom is -0.335 e. The van der Waals surface area contributed by atoms with E-state index in [4.69, 9.17) is 5.73 Å². The Labute approximate surface area is 197 Å². The van der Waals surface area contributed by atoms with Crippen molar-refractivity contribution in [2.45, 2.75) is 56.0 Å². The third kappa shape index (κ3) is 2.46. The molecule has 172 valence electrons. The van der Waals surface area contributed by atoms with Crippen molar-refractivity contribution in [3.05, 3.63) is 71.3 Å². The molecule has 2 heterocycles. The van der Waals surface area contributed by atoms with E-state index < -0.39 is 0 Å². The first-order valence-electron chi connectivity index (χ1n) is 13.1. The van der Waals surface area contributed by atoms with Gasteiger partial charge in [0.15, 0.2) is 0 Å². The molecule has 7 rings (SSSR count). The van der Waals surface area contributed by atoms with E-state index in [0.29, 0.717) is 29.3 Å². The van der Waals surface area contributed by atoms with Gasteiger partial charge in [-0.25, -0.2) is 0 Å². The number of rotatable bonds is 4. The summed E-state index contributed by atoms with van der Waals surface area (Å²) in [5, 5.41) is 0. The zero-order valence-corrected chi connectivity index (χ0v) is 19.5. The smallest absolute Gasteiger partial charge is 0.254 e. The maximum absolute atomic E-state index is 13.6.